The largest absolute Gasteiger partial charge is 0.360 e. The topological polar surface area (TPSA) is 104 Å². The first kappa shape index (κ1) is 16.8. The van der Waals surface area contributed by atoms with Gasteiger partial charge < -0.3 is 0 Å². The fourth-order valence-corrected chi connectivity index (χ4v) is 1.67. The van der Waals surface area contributed by atoms with Gasteiger partial charge >= 0.3 is 11.3 Å². The summed E-state index contributed by atoms with van der Waals surface area (Å²) < 4.78 is 39.9. The van der Waals surface area contributed by atoms with E-state index >= 15 is 0 Å². The van der Waals surface area contributed by atoms with Crippen molar-refractivity contribution >= 4 is 11.0 Å². The van der Waals surface area contributed by atoms with E-state index in [1.165, 1.54) is 10.9 Å². The Morgan fingerprint density at radius 3 is 2.00 bits per heavy atom. The van der Waals surface area contributed by atoms with E-state index in [-0.39, 0.29) is 5.41 Å². The fraction of sp³-hybridized carbons (Fsp3) is 0.357. The second kappa shape index (κ2) is 6.03. The minimum Gasteiger partial charge on any atom is -0.222 e. The van der Waals surface area contributed by atoms with Crippen LogP contribution in [0.5, 0.6) is 0 Å². The molecule has 20 heavy (non-hydrogen) atoms. The van der Waals surface area contributed by atoms with Crippen LogP contribution in [-0.4, -0.2) is 0 Å². The molecule has 0 aliphatic heterocycles. The summed E-state index contributed by atoms with van der Waals surface area (Å²) in [6, 6.07) is 10.3. The molecule has 0 fully saturated rings. The van der Waals surface area contributed by atoms with E-state index in [1.807, 2.05) is 18.2 Å². The highest BCUT2D eigenvalue weighted by Crippen LogP contribution is 2.28. The predicted molar refractivity (Wildman–Crippen MR) is 64.1 cm³/mol. The smallest absolute Gasteiger partial charge is 0.222 e. The number of hydrogen-bond donors (Lipinski definition) is 0. The molecule has 110 valence electrons. The number of rotatable bonds is 0. The van der Waals surface area contributed by atoms with E-state index in [2.05, 4.69) is 39.8 Å². The summed E-state index contributed by atoms with van der Waals surface area (Å²) in [4.78, 5) is 0. The summed E-state index contributed by atoms with van der Waals surface area (Å²) in [5, 5.41) is 1.20. The summed E-state index contributed by atoms with van der Waals surface area (Å²) in [7, 11) is -4.94. The van der Waals surface area contributed by atoms with Crippen molar-refractivity contribution in [3.63, 3.8) is 0 Å². The van der Waals surface area contributed by atoms with Gasteiger partial charge in [0.05, 0.1) is 10.8 Å². The van der Waals surface area contributed by atoms with Crippen molar-refractivity contribution in [3.8, 4) is 0 Å². The minimum absolute atomic E-state index is 0.0643. The molecule has 0 amide bonds. The Morgan fingerprint density at radius 2 is 1.50 bits per heavy atom. The number of hydrogen-bond acceptors (Lipinski definition) is 4. The van der Waals surface area contributed by atoms with Gasteiger partial charge in [0.2, 0.25) is 0 Å². The van der Waals surface area contributed by atoms with Crippen LogP contribution in [0.3, 0.4) is 0 Å². The molecular weight excluding hydrogens is 284 g/mol. The van der Waals surface area contributed by atoms with E-state index in [0.717, 1.165) is 11.3 Å². The van der Waals surface area contributed by atoms with Gasteiger partial charge in [-0.3, -0.25) is 0 Å². The Balaban J connectivity index is 0.000000347. The standard InChI is InChI=1S/C14H17O.ClHO4/c1-10-9-13(14(2,3)4)15-12-8-6-5-7-11(10)12;2-1(3,4)5/h5-9H,1-4H3;(H,2,3,4,5)/q+1;/p-1. The van der Waals surface area contributed by atoms with Gasteiger partial charge in [0.25, 0.3) is 0 Å². The van der Waals surface area contributed by atoms with Crippen LogP contribution in [0.2, 0.25) is 0 Å². The third-order valence-corrected chi connectivity index (χ3v) is 2.62. The maximum Gasteiger partial charge on any atom is 0.360 e. The van der Waals surface area contributed by atoms with Crippen molar-refractivity contribution in [1.29, 1.82) is 0 Å². The van der Waals surface area contributed by atoms with Crippen molar-refractivity contribution in [2.24, 2.45) is 0 Å². The molecule has 1 heterocycles. The Labute approximate surface area is 119 Å². The summed E-state index contributed by atoms with van der Waals surface area (Å²) in [6.07, 6.45) is 0. The van der Waals surface area contributed by atoms with Gasteiger partial charge in [0, 0.05) is 12.1 Å². The van der Waals surface area contributed by atoms with Crippen LogP contribution in [-0.2, 0) is 5.41 Å². The Morgan fingerprint density at radius 1 is 1.00 bits per heavy atom. The molecule has 1 aromatic carbocycles. The molecule has 0 saturated heterocycles. The van der Waals surface area contributed by atoms with E-state index in [0.29, 0.717) is 0 Å². The first-order valence-electron chi connectivity index (χ1n) is 5.93. The van der Waals surface area contributed by atoms with Crippen LogP contribution < -0.4 is 18.6 Å². The molecule has 0 unspecified atom stereocenters. The van der Waals surface area contributed by atoms with Gasteiger partial charge in [-0.1, -0.05) is 12.1 Å². The second-order valence-corrected chi connectivity index (χ2v) is 6.17. The maximum absolute atomic E-state index is 8.49. The van der Waals surface area contributed by atoms with Crippen molar-refractivity contribution in [2.75, 3.05) is 0 Å². The monoisotopic (exact) mass is 300 g/mol. The van der Waals surface area contributed by atoms with Crippen molar-refractivity contribution in [2.45, 2.75) is 33.1 Å². The summed E-state index contributed by atoms with van der Waals surface area (Å²) in [5.41, 5.74) is 2.32. The molecule has 1 aromatic heterocycles. The van der Waals surface area contributed by atoms with E-state index in [9.17, 15) is 0 Å². The zero-order valence-corrected chi connectivity index (χ0v) is 12.6. The number of para-hydroxylation sites is 1. The number of fused-ring (bicyclic) bond motifs is 1. The molecule has 0 aliphatic carbocycles. The molecule has 0 atom stereocenters. The van der Waals surface area contributed by atoms with Gasteiger partial charge in [-0.25, -0.2) is 23.1 Å². The highest BCUT2D eigenvalue weighted by atomic mass is 35.7. The van der Waals surface area contributed by atoms with Gasteiger partial charge in [0.1, 0.15) is 0 Å². The Hall–Kier alpha value is -1.24. The highest BCUT2D eigenvalue weighted by molar-refractivity contribution is 5.80. The zero-order chi connectivity index (χ0) is 15.6. The lowest BCUT2D eigenvalue weighted by Gasteiger charge is -2.17. The molecule has 0 N–H and O–H groups in total. The van der Waals surface area contributed by atoms with Gasteiger partial charge in [-0.2, -0.15) is 0 Å². The van der Waals surface area contributed by atoms with Gasteiger partial charge in [-0.15, -0.1) is 10.2 Å². The molecule has 5 nitrogen and oxygen atoms in total. The maximum atomic E-state index is 8.49. The van der Waals surface area contributed by atoms with Crippen LogP contribution >= 0.6 is 0 Å². The van der Waals surface area contributed by atoms with E-state index in [4.69, 9.17) is 23.1 Å². The van der Waals surface area contributed by atoms with E-state index in [1.54, 1.807) is 0 Å². The third kappa shape index (κ3) is 5.40. The van der Waals surface area contributed by atoms with Gasteiger partial charge in [-0.05, 0) is 39.3 Å². The minimum atomic E-state index is -4.94. The SMILES string of the molecule is Cc1cc(C(C)(C)C)[o+]c2ccccc12.[O-][Cl+3]([O-])([O-])[O-]. The lowest BCUT2D eigenvalue weighted by atomic mass is 9.91. The lowest BCUT2D eigenvalue weighted by molar-refractivity contribution is -2.00. The molecule has 0 aliphatic rings. The van der Waals surface area contributed by atoms with Crippen LogP contribution in [0.15, 0.2) is 34.7 Å². The highest BCUT2D eigenvalue weighted by Gasteiger charge is 2.27. The third-order valence-electron chi connectivity index (χ3n) is 2.62. The molecule has 0 saturated carbocycles. The summed E-state index contributed by atoms with van der Waals surface area (Å²) in [6.45, 7) is 8.63. The first-order chi connectivity index (χ1) is 8.98. The van der Waals surface area contributed by atoms with Crippen LogP contribution in [0, 0.1) is 17.2 Å². The average molecular weight is 301 g/mol. The van der Waals surface area contributed by atoms with Crippen molar-refractivity contribution < 1.29 is 33.3 Å². The molecule has 0 bridgehead atoms. The summed E-state index contributed by atoms with van der Waals surface area (Å²) >= 11 is 0. The molecule has 0 radical (unpaired) electrons. The first-order valence-corrected chi connectivity index (χ1v) is 7.16. The molecule has 2 aromatic rings. The quantitative estimate of drug-likeness (QED) is 0.614. The lowest BCUT2D eigenvalue weighted by Crippen LogP contribution is -2.68. The number of aryl methyl sites for hydroxylation is 1. The molecule has 6 heteroatoms. The number of halogens is 1. The van der Waals surface area contributed by atoms with Crippen LogP contribution in [0.25, 0.3) is 11.0 Å². The fourth-order valence-electron chi connectivity index (χ4n) is 1.67. The van der Waals surface area contributed by atoms with Gasteiger partial charge in [0.15, 0.2) is 0 Å². The van der Waals surface area contributed by atoms with Crippen molar-refractivity contribution in [1.82, 2.24) is 0 Å². The average Bonchev–Trinajstić information content (AvgIpc) is 2.25. The predicted octanol–water partition coefficient (Wildman–Crippen LogP) is -0.436. The van der Waals surface area contributed by atoms with Crippen LogP contribution in [0.4, 0.5) is 0 Å². The number of benzene rings is 1. The van der Waals surface area contributed by atoms with Crippen molar-refractivity contribution in [3.05, 3.63) is 41.7 Å². The molecular formula is C14H17ClO5. The Bertz CT molecular complexity index is 578. The zero-order valence-electron chi connectivity index (χ0n) is 11.8. The van der Waals surface area contributed by atoms with E-state index < -0.39 is 10.2 Å². The Kier molecular flexibility index (Phi) is 5.07. The second-order valence-electron chi connectivity index (χ2n) is 5.42. The molecule has 0 spiro atoms. The van der Waals surface area contributed by atoms with Crippen LogP contribution in [0.1, 0.15) is 32.1 Å². The molecule has 2 rings (SSSR count). The summed E-state index contributed by atoms with van der Waals surface area (Å²) in [5.74, 6) is 1.04. The normalized spacial score (nSPS) is 12.0.